The second-order valence-corrected chi connectivity index (χ2v) is 4.33. The van der Waals surface area contributed by atoms with Crippen LogP contribution >= 0.6 is 0 Å². The number of rotatable bonds is 4. The Morgan fingerprint density at radius 1 is 1.18 bits per heavy atom. The Morgan fingerprint density at radius 3 is 2.00 bits per heavy atom. The number of Topliss-reactive ketones (excluding diaryl/α,β-unsaturated/α-hetero) is 2. The summed E-state index contributed by atoms with van der Waals surface area (Å²) in [6, 6.07) is 9.25. The molecule has 0 aromatic heterocycles. The van der Waals surface area contributed by atoms with Crippen molar-refractivity contribution in [3.63, 3.8) is 0 Å². The van der Waals surface area contributed by atoms with Crippen molar-refractivity contribution in [3.05, 3.63) is 35.9 Å². The van der Waals surface area contributed by atoms with Crippen LogP contribution in [0.3, 0.4) is 0 Å². The molecule has 0 heterocycles. The molecule has 1 aromatic rings. The molecule has 0 N–H and O–H groups in total. The monoisotopic (exact) mass is 228 g/mol. The van der Waals surface area contributed by atoms with Crippen LogP contribution in [0.2, 0.25) is 0 Å². The van der Waals surface area contributed by atoms with Crippen LogP contribution in [0.1, 0.15) is 32.3 Å². The second kappa shape index (κ2) is 4.97. The van der Waals surface area contributed by atoms with Crippen molar-refractivity contribution in [2.24, 2.45) is 5.41 Å². The normalized spacial score (nSPS) is 12.6. The third-order valence-corrected chi connectivity index (χ3v) is 3.34. The highest BCUT2D eigenvalue weighted by Crippen LogP contribution is 2.37. The molecule has 0 saturated carbocycles. The highest BCUT2D eigenvalue weighted by Gasteiger charge is 2.43. The lowest BCUT2D eigenvalue weighted by molar-refractivity contribution is -0.137. The average molecular weight is 228 g/mol. The van der Waals surface area contributed by atoms with Crippen LogP contribution in [0.5, 0.6) is 0 Å². The average Bonchev–Trinajstić information content (AvgIpc) is 2.30. The molecule has 0 aliphatic carbocycles. The van der Waals surface area contributed by atoms with Crippen molar-refractivity contribution < 1.29 is 9.59 Å². The van der Waals surface area contributed by atoms with Gasteiger partial charge in [0.05, 0.1) is 5.92 Å². The Labute approximate surface area is 102 Å². The zero-order chi connectivity index (χ0) is 13.1. The molecule has 0 bridgehead atoms. The van der Waals surface area contributed by atoms with E-state index >= 15 is 0 Å². The van der Waals surface area contributed by atoms with Crippen molar-refractivity contribution in [1.29, 1.82) is 0 Å². The fourth-order valence-electron chi connectivity index (χ4n) is 1.90. The van der Waals surface area contributed by atoms with Crippen LogP contribution in [0.15, 0.2) is 30.3 Å². The van der Waals surface area contributed by atoms with Gasteiger partial charge in [0.2, 0.25) is 0 Å². The second-order valence-electron chi connectivity index (χ2n) is 4.33. The van der Waals surface area contributed by atoms with Crippen LogP contribution in [-0.4, -0.2) is 11.6 Å². The molecule has 17 heavy (non-hydrogen) atoms. The van der Waals surface area contributed by atoms with E-state index in [-0.39, 0.29) is 11.6 Å². The van der Waals surface area contributed by atoms with Gasteiger partial charge in [-0.05, 0) is 26.3 Å². The Bertz CT molecular complexity index is 451. The molecule has 0 spiro atoms. The van der Waals surface area contributed by atoms with Crippen molar-refractivity contribution in [3.8, 4) is 12.3 Å². The van der Waals surface area contributed by atoms with Crippen molar-refractivity contribution in [1.82, 2.24) is 0 Å². The van der Waals surface area contributed by atoms with E-state index in [9.17, 15) is 9.59 Å². The minimum atomic E-state index is -1.14. The van der Waals surface area contributed by atoms with E-state index in [1.165, 1.54) is 13.8 Å². The summed E-state index contributed by atoms with van der Waals surface area (Å²) < 4.78 is 0. The lowest BCUT2D eigenvalue weighted by Gasteiger charge is -2.30. The molecule has 0 aliphatic rings. The Balaban J connectivity index is 3.32. The molecule has 0 amide bonds. The van der Waals surface area contributed by atoms with Gasteiger partial charge in [0.1, 0.15) is 17.0 Å². The van der Waals surface area contributed by atoms with Crippen molar-refractivity contribution in [2.75, 3.05) is 0 Å². The predicted molar refractivity (Wildman–Crippen MR) is 67.5 cm³/mol. The van der Waals surface area contributed by atoms with E-state index in [4.69, 9.17) is 6.42 Å². The van der Waals surface area contributed by atoms with Crippen molar-refractivity contribution >= 4 is 11.6 Å². The number of hydrogen-bond donors (Lipinski definition) is 0. The first-order valence-electron chi connectivity index (χ1n) is 5.47. The van der Waals surface area contributed by atoms with E-state index in [1.54, 1.807) is 6.92 Å². The lowest BCUT2D eigenvalue weighted by Crippen LogP contribution is -2.39. The molecular formula is C15H16O2. The first-order chi connectivity index (χ1) is 7.94. The number of hydrogen-bond acceptors (Lipinski definition) is 2. The molecule has 2 nitrogen and oxygen atoms in total. The van der Waals surface area contributed by atoms with Gasteiger partial charge in [-0.3, -0.25) is 9.59 Å². The maximum absolute atomic E-state index is 11.8. The third-order valence-electron chi connectivity index (χ3n) is 3.34. The number of carbonyl (C=O) groups is 2. The minimum Gasteiger partial charge on any atom is -0.299 e. The van der Waals surface area contributed by atoms with Gasteiger partial charge in [-0.1, -0.05) is 36.3 Å². The van der Waals surface area contributed by atoms with Crippen LogP contribution < -0.4 is 0 Å². The molecular weight excluding hydrogens is 212 g/mol. The standard InChI is InChI=1S/C15H16O2/c1-5-14(13-9-7-6-8-10-13)15(4,11(2)16)12(3)17/h1,6-10,14H,2-4H3. The highest BCUT2D eigenvalue weighted by atomic mass is 16.2. The van der Waals surface area contributed by atoms with Gasteiger partial charge < -0.3 is 0 Å². The Morgan fingerprint density at radius 2 is 1.65 bits per heavy atom. The van der Waals surface area contributed by atoms with Gasteiger partial charge in [-0.15, -0.1) is 6.42 Å². The quantitative estimate of drug-likeness (QED) is 0.586. The summed E-state index contributed by atoms with van der Waals surface area (Å²) in [7, 11) is 0. The minimum absolute atomic E-state index is 0.197. The molecule has 0 radical (unpaired) electrons. The SMILES string of the molecule is C#CC(c1ccccc1)C(C)(C(C)=O)C(C)=O. The zero-order valence-corrected chi connectivity index (χ0v) is 10.4. The molecule has 1 atom stereocenters. The predicted octanol–water partition coefficient (Wildman–Crippen LogP) is 2.59. The van der Waals surface area contributed by atoms with E-state index < -0.39 is 11.3 Å². The number of terminal acetylenes is 1. The summed E-state index contributed by atoms with van der Waals surface area (Å²) in [6.45, 7) is 4.44. The number of ketones is 2. The van der Waals surface area contributed by atoms with E-state index in [1.807, 2.05) is 30.3 Å². The molecule has 0 aliphatic heterocycles. The fourth-order valence-corrected chi connectivity index (χ4v) is 1.90. The van der Waals surface area contributed by atoms with Crippen LogP contribution in [0.4, 0.5) is 0 Å². The summed E-state index contributed by atoms with van der Waals surface area (Å²) in [5.74, 6) is 1.67. The van der Waals surface area contributed by atoms with Crippen LogP contribution in [-0.2, 0) is 9.59 Å². The number of carbonyl (C=O) groups excluding carboxylic acids is 2. The van der Waals surface area contributed by atoms with Gasteiger partial charge in [0.25, 0.3) is 0 Å². The van der Waals surface area contributed by atoms with E-state index in [0.29, 0.717) is 0 Å². The molecule has 0 fully saturated rings. The van der Waals surface area contributed by atoms with Gasteiger partial charge in [-0.2, -0.15) is 0 Å². The summed E-state index contributed by atoms with van der Waals surface area (Å²) in [5, 5.41) is 0. The third kappa shape index (κ3) is 2.29. The summed E-state index contributed by atoms with van der Waals surface area (Å²) in [6.07, 6.45) is 5.51. The Hall–Kier alpha value is -1.88. The van der Waals surface area contributed by atoms with E-state index in [2.05, 4.69) is 5.92 Å². The smallest absolute Gasteiger partial charge is 0.144 e. The van der Waals surface area contributed by atoms with Crippen molar-refractivity contribution in [2.45, 2.75) is 26.7 Å². The zero-order valence-electron chi connectivity index (χ0n) is 10.4. The first kappa shape index (κ1) is 13.2. The van der Waals surface area contributed by atoms with Gasteiger partial charge in [-0.25, -0.2) is 0 Å². The largest absolute Gasteiger partial charge is 0.299 e. The first-order valence-corrected chi connectivity index (χ1v) is 5.47. The van der Waals surface area contributed by atoms with E-state index in [0.717, 1.165) is 5.56 Å². The topological polar surface area (TPSA) is 34.1 Å². The maximum Gasteiger partial charge on any atom is 0.144 e. The summed E-state index contributed by atoms with van der Waals surface area (Å²) in [5.41, 5.74) is -0.321. The summed E-state index contributed by atoms with van der Waals surface area (Å²) in [4.78, 5) is 23.5. The van der Waals surface area contributed by atoms with Crippen LogP contribution in [0.25, 0.3) is 0 Å². The highest BCUT2D eigenvalue weighted by molar-refractivity contribution is 6.06. The molecule has 0 saturated heterocycles. The molecule has 2 heteroatoms. The lowest BCUT2D eigenvalue weighted by atomic mass is 9.69. The molecule has 1 rings (SSSR count). The van der Waals surface area contributed by atoms with Gasteiger partial charge in [0, 0.05) is 0 Å². The Kier molecular flexibility index (Phi) is 3.85. The molecule has 1 unspecified atom stereocenters. The molecule has 1 aromatic carbocycles. The number of benzene rings is 1. The van der Waals surface area contributed by atoms with Gasteiger partial charge in [0.15, 0.2) is 0 Å². The molecule has 88 valence electrons. The summed E-state index contributed by atoms with van der Waals surface area (Å²) >= 11 is 0. The van der Waals surface area contributed by atoms with Gasteiger partial charge >= 0.3 is 0 Å². The van der Waals surface area contributed by atoms with Crippen LogP contribution in [0, 0.1) is 17.8 Å². The maximum atomic E-state index is 11.8. The fraction of sp³-hybridized carbons (Fsp3) is 0.333.